The molecule has 0 aliphatic carbocycles. The number of carbonyl (C=O) groups excluding carboxylic acids is 2. The first-order valence-corrected chi connectivity index (χ1v) is 9.50. The van der Waals surface area contributed by atoms with Gasteiger partial charge in [-0.3, -0.25) is 19.4 Å². The number of benzene rings is 2. The highest BCUT2D eigenvalue weighted by Gasteiger charge is 2.26. The van der Waals surface area contributed by atoms with E-state index in [1.807, 2.05) is 67.6 Å². The van der Waals surface area contributed by atoms with E-state index in [-0.39, 0.29) is 30.1 Å². The molecule has 2 aromatic rings. The minimum atomic E-state index is -0.138. The Morgan fingerprint density at radius 2 is 1.50 bits per heavy atom. The average molecular weight is 402 g/mol. The molecule has 1 aliphatic heterocycles. The Bertz CT molecular complexity index is 747. The minimum Gasteiger partial charge on any atom is -0.351 e. The Labute approximate surface area is 173 Å². The van der Waals surface area contributed by atoms with Crippen molar-refractivity contribution in [1.82, 2.24) is 15.1 Å². The van der Waals surface area contributed by atoms with E-state index in [4.69, 9.17) is 0 Å². The number of hydrogen-bond donors (Lipinski definition) is 1. The molecule has 1 unspecified atom stereocenters. The van der Waals surface area contributed by atoms with E-state index in [9.17, 15) is 9.59 Å². The minimum absolute atomic E-state index is 0. The van der Waals surface area contributed by atoms with Crippen LogP contribution in [0.25, 0.3) is 0 Å². The molecule has 0 spiro atoms. The summed E-state index contributed by atoms with van der Waals surface area (Å²) in [6, 6.07) is 19.2. The van der Waals surface area contributed by atoms with E-state index in [1.54, 1.807) is 0 Å². The summed E-state index contributed by atoms with van der Waals surface area (Å²) in [5.41, 5.74) is 1.86. The van der Waals surface area contributed by atoms with Gasteiger partial charge in [-0.25, -0.2) is 0 Å². The molecule has 0 radical (unpaired) electrons. The first kappa shape index (κ1) is 22.1. The third-order valence-electron chi connectivity index (χ3n) is 5.09. The first-order valence-electron chi connectivity index (χ1n) is 9.50. The summed E-state index contributed by atoms with van der Waals surface area (Å²) < 4.78 is 0. The van der Waals surface area contributed by atoms with Crippen molar-refractivity contribution in [3.8, 4) is 0 Å². The van der Waals surface area contributed by atoms with Crippen molar-refractivity contribution in [1.29, 1.82) is 0 Å². The molecule has 150 valence electrons. The number of halogens is 1. The summed E-state index contributed by atoms with van der Waals surface area (Å²) in [7, 11) is 0. The number of carbonyl (C=O) groups is 2. The molecule has 2 aromatic carbocycles. The zero-order valence-corrected chi connectivity index (χ0v) is 17.0. The second-order valence-corrected chi connectivity index (χ2v) is 6.98. The fourth-order valence-corrected chi connectivity index (χ4v) is 3.37. The molecule has 1 amide bonds. The van der Waals surface area contributed by atoms with Crippen LogP contribution in [0.5, 0.6) is 0 Å². The topological polar surface area (TPSA) is 52.7 Å². The van der Waals surface area contributed by atoms with Gasteiger partial charge in [0.05, 0.1) is 12.6 Å². The van der Waals surface area contributed by atoms with Gasteiger partial charge in [-0.2, -0.15) is 0 Å². The van der Waals surface area contributed by atoms with E-state index >= 15 is 0 Å². The predicted octanol–water partition coefficient (Wildman–Crippen LogP) is 2.61. The van der Waals surface area contributed by atoms with Crippen LogP contribution < -0.4 is 5.32 Å². The Balaban J connectivity index is 0.00000280. The van der Waals surface area contributed by atoms with E-state index in [0.717, 1.165) is 37.3 Å². The van der Waals surface area contributed by atoms with Crippen molar-refractivity contribution in [2.45, 2.75) is 19.5 Å². The SMILES string of the molecule is CC(C(=O)c1ccccc1)N1CCN(CC(=O)NCc2ccccc2)CC1.Cl. The largest absolute Gasteiger partial charge is 0.351 e. The van der Waals surface area contributed by atoms with Gasteiger partial charge in [-0.05, 0) is 12.5 Å². The third kappa shape index (κ3) is 6.16. The Kier molecular flexibility index (Phi) is 8.64. The van der Waals surface area contributed by atoms with Gasteiger partial charge in [0.1, 0.15) is 0 Å². The predicted molar refractivity (Wildman–Crippen MR) is 114 cm³/mol. The lowest BCUT2D eigenvalue weighted by Gasteiger charge is -2.37. The molecular formula is C22H28ClN3O2. The summed E-state index contributed by atoms with van der Waals surface area (Å²) in [5, 5.41) is 2.97. The van der Waals surface area contributed by atoms with Crippen molar-refractivity contribution in [2.75, 3.05) is 32.7 Å². The number of hydrogen-bond acceptors (Lipinski definition) is 4. The summed E-state index contributed by atoms with van der Waals surface area (Å²) in [5.74, 6) is 0.199. The molecule has 1 aliphatic rings. The third-order valence-corrected chi connectivity index (χ3v) is 5.09. The molecule has 28 heavy (non-hydrogen) atoms. The van der Waals surface area contributed by atoms with E-state index in [2.05, 4.69) is 15.1 Å². The zero-order valence-electron chi connectivity index (χ0n) is 16.2. The molecule has 0 saturated carbocycles. The maximum atomic E-state index is 12.6. The molecule has 0 aromatic heterocycles. The van der Waals surface area contributed by atoms with Crippen LogP contribution in [0.1, 0.15) is 22.8 Å². The summed E-state index contributed by atoms with van der Waals surface area (Å²) in [6.45, 7) is 6.12. The molecule has 1 saturated heterocycles. The standard InChI is InChI=1S/C22H27N3O2.ClH/c1-18(22(27)20-10-6-3-7-11-20)25-14-12-24(13-15-25)17-21(26)23-16-19-8-4-2-5-9-19;/h2-11,18H,12-17H2,1H3,(H,23,26);1H. The van der Waals surface area contributed by atoms with Gasteiger partial charge >= 0.3 is 0 Å². The summed E-state index contributed by atoms with van der Waals surface area (Å²) >= 11 is 0. The lowest BCUT2D eigenvalue weighted by atomic mass is 10.0. The Hall–Kier alpha value is -2.21. The van der Waals surface area contributed by atoms with Crippen LogP contribution in [0.3, 0.4) is 0 Å². The number of nitrogens with one attached hydrogen (secondary N) is 1. The maximum absolute atomic E-state index is 12.6. The summed E-state index contributed by atoms with van der Waals surface area (Å²) in [4.78, 5) is 29.1. The highest BCUT2D eigenvalue weighted by molar-refractivity contribution is 5.99. The van der Waals surface area contributed by atoms with Crippen LogP contribution in [0, 0.1) is 0 Å². The van der Waals surface area contributed by atoms with Gasteiger partial charge in [0.25, 0.3) is 0 Å². The number of ketones is 1. The second kappa shape index (κ2) is 11.0. The molecule has 3 rings (SSSR count). The molecule has 0 bridgehead atoms. The van der Waals surface area contributed by atoms with Gasteiger partial charge in [0.15, 0.2) is 5.78 Å². The van der Waals surface area contributed by atoms with Gasteiger partial charge in [-0.15, -0.1) is 12.4 Å². The number of Topliss-reactive ketones (excluding diaryl/α,β-unsaturated/α-hetero) is 1. The molecule has 1 heterocycles. The quantitative estimate of drug-likeness (QED) is 0.724. The fourth-order valence-electron chi connectivity index (χ4n) is 3.37. The molecule has 6 heteroatoms. The van der Waals surface area contributed by atoms with Crippen LogP contribution in [-0.4, -0.2) is 60.3 Å². The number of piperazine rings is 1. The van der Waals surface area contributed by atoms with Gasteiger partial charge in [-0.1, -0.05) is 60.7 Å². The fraction of sp³-hybridized carbons (Fsp3) is 0.364. The van der Waals surface area contributed by atoms with Gasteiger partial charge in [0.2, 0.25) is 5.91 Å². The lowest BCUT2D eigenvalue weighted by molar-refractivity contribution is -0.122. The Morgan fingerprint density at radius 3 is 2.11 bits per heavy atom. The highest BCUT2D eigenvalue weighted by atomic mass is 35.5. The monoisotopic (exact) mass is 401 g/mol. The molecule has 1 fully saturated rings. The normalized spacial score (nSPS) is 16.0. The second-order valence-electron chi connectivity index (χ2n) is 6.98. The smallest absolute Gasteiger partial charge is 0.234 e. The molecule has 5 nitrogen and oxygen atoms in total. The number of amides is 1. The van der Waals surface area contributed by atoms with Crippen LogP contribution in [0.15, 0.2) is 60.7 Å². The molecular weight excluding hydrogens is 374 g/mol. The van der Waals surface area contributed by atoms with Crippen molar-refractivity contribution in [3.63, 3.8) is 0 Å². The van der Waals surface area contributed by atoms with Gasteiger partial charge < -0.3 is 5.32 Å². The van der Waals surface area contributed by atoms with Crippen LogP contribution in [0.2, 0.25) is 0 Å². The Morgan fingerprint density at radius 1 is 0.929 bits per heavy atom. The number of rotatable bonds is 7. The maximum Gasteiger partial charge on any atom is 0.234 e. The zero-order chi connectivity index (χ0) is 19.1. The van der Waals surface area contributed by atoms with Crippen molar-refractivity contribution in [3.05, 3.63) is 71.8 Å². The van der Waals surface area contributed by atoms with Crippen molar-refractivity contribution < 1.29 is 9.59 Å². The van der Waals surface area contributed by atoms with Crippen LogP contribution >= 0.6 is 12.4 Å². The summed E-state index contributed by atoms with van der Waals surface area (Å²) in [6.07, 6.45) is 0. The average Bonchev–Trinajstić information content (AvgIpc) is 2.73. The van der Waals surface area contributed by atoms with Crippen molar-refractivity contribution in [2.24, 2.45) is 0 Å². The molecule has 1 atom stereocenters. The molecule has 1 N–H and O–H groups in total. The van der Waals surface area contributed by atoms with Gasteiger partial charge in [0, 0.05) is 38.3 Å². The first-order chi connectivity index (χ1) is 13.1. The van der Waals surface area contributed by atoms with Crippen molar-refractivity contribution >= 4 is 24.1 Å². The van der Waals surface area contributed by atoms with E-state index in [1.165, 1.54) is 0 Å². The van der Waals surface area contributed by atoms with Crippen LogP contribution in [0.4, 0.5) is 0 Å². The van der Waals surface area contributed by atoms with Crippen LogP contribution in [-0.2, 0) is 11.3 Å². The number of nitrogens with zero attached hydrogens (tertiary/aromatic N) is 2. The highest BCUT2D eigenvalue weighted by Crippen LogP contribution is 2.12. The van der Waals surface area contributed by atoms with E-state index < -0.39 is 0 Å². The van der Waals surface area contributed by atoms with E-state index in [0.29, 0.717) is 13.1 Å². The lowest BCUT2D eigenvalue weighted by Crippen LogP contribution is -2.53.